The first-order valence-corrected chi connectivity index (χ1v) is 14.4. The summed E-state index contributed by atoms with van der Waals surface area (Å²) in [5.41, 5.74) is 2.65. The van der Waals surface area contributed by atoms with Crippen molar-refractivity contribution >= 4 is 55.7 Å². The van der Waals surface area contributed by atoms with Gasteiger partial charge in [0.2, 0.25) is 0 Å². The molecule has 2 heterocycles. The summed E-state index contributed by atoms with van der Waals surface area (Å²) in [7, 11) is 0. The topological polar surface area (TPSA) is 89.0 Å². The van der Waals surface area contributed by atoms with Crippen LogP contribution in [0.3, 0.4) is 0 Å². The highest BCUT2D eigenvalue weighted by molar-refractivity contribution is 7.22. The number of carbonyl (C=O) groups is 2. The second-order valence-corrected chi connectivity index (χ2v) is 10.9. The Hall–Kier alpha value is -3.88. The highest BCUT2D eigenvalue weighted by Crippen LogP contribution is 2.46. The number of aliphatic hydroxyl groups is 1. The Labute approximate surface area is 241 Å². The minimum atomic E-state index is -0.943. The summed E-state index contributed by atoms with van der Waals surface area (Å²) in [6, 6.07) is 16.8. The maximum atomic E-state index is 13.6. The van der Waals surface area contributed by atoms with Crippen molar-refractivity contribution in [1.29, 1.82) is 0 Å². The minimum Gasteiger partial charge on any atom is -0.507 e. The van der Waals surface area contributed by atoms with Crippen molar-refractivity contribution < 1.29 is 24.2 Å². The molecule has 1 aliphatic rings. The van der Waals surface area contributed by atoms with Crippen LogP contribution in [0.1, 0.15) is 49.4 Å². The van der Waals surface area contributed by atoms with Crippen molar-refractivity contribution in [2.24, 2.45) is 0 Å². The third-order valence-corrected chi connectivity index (χ3v) is 7.91. The van der Waals surface area contributed by atoms with Gasteiger partial charge in [-0.05, 0) is 56.2 Å². The van der Waals surface area contributed by atoms with Gasteiger partial charge in [0.05, 0.1) is 35.0 Å². The van der Waals surface area contributed by atoms with Crippen molar-refractivity contribution in [3.63, 3.8) is 0 Å². The molecule has 9 heteroatoms. The number of aryl methyl sites for hydroxylation is 1. The molecular weight excluding hydrogens is 548 g/mol. The largest absolute Gasteiger partial charge is 0.507 e. The number of anilines is 1. The Kier molecular flexibility index (Phi) is 8.09. The highest BCUT2D eigenvalue weighted by Gasteiger charge is 2.48. The van der Waals surface area contributed by atoms with Crippen LogP contribution in [0.25, 0.3) is 16.0 Å². The number of hydrogen-bond donors (Lipinski definition) is 1. The van der Waals surface area contributed by atoms with Crippen LogP contribution >= 0.6 is 22.9 Å². The summed E-state index contributed by atoms with van der Waals surface area (Å²) in [5, 5.41) is 12.3. The molecule has 1 saturated heterocycles. The van der Waals surface area contributed by atoms with Crippen LogP contribution in [0.5, 0.6) is 11.5 Å². The summed E-state index contributed by atoms with van der Waals surface area (Å²) >= 11 is 7.45. The number of aromatic nitrogens is 1. The molecule has 4 aromatic rings. The molecule has 7 nitrogen and oxygen atoms in total. The Bertz CT molecular complexity index is 1610. The molecule has 1 aromatic heterocycles. The highest BCUT2D eigenvalue weighted by atomic mass is 35.5. The fourth-order valence-corrected chi connectivity index (χ4v) is 5.88. The molecule has 1 fully saturated rings. The second kappa shape index (κ2) is 11.7. The van der Waals surface area contributed by atoms with Crippen LogP contribution in [0, 0.1) is 6.92 Å². The monoisotopic (exact) mass is 576 g/mol. The van der Waals surface area contributed by atoms with Gasteiger partial charge >= 0.3 is 5.91 Å². The maximum Gasteiger partial charge on any atom is 0.301 e. The molecule has 0 bridgehead atoms. The van der Waals surface area contributed by atoms with Gasteiger partial charge in [-0.25, -0.2) is 4.98 Å². The fraction of sp³-hybridized carbons (Fsp3) is 0.258. The van der Waals surface area contributed by atoms with Crippen molar-refractivity contribution in [1.82, 2.24) is 4.98 Å². The van der Waals surface area contributed by atoms with Gasteiger partial charge in [-0.15, -0.1) is 0 Å². The number of benzene rings is 3. The zero-order valence-electron chi connectivity index (χ0n) is 22.4. The summed E-state index contributed by atoms with van der Waals surface area (Å²) < 4.78 is 12.6. The predicted molar refractivity (Wildman–Crippen MR) is 159 cm³/mol. The van der Waals surface area contributed by atoms with Crippen molar-refractivity contribution in [2.45, 2.75) is 39.7 Å². The van der Waals surface area contributed by atoms with Crippen molar-refractivity contribution in [2.75, 3.05) is 18.1 Å². The smallest absolute Gasteiger partial charge is 0.301 e. The number of fused-ring (bicyclic) bond motifs is 1. The molecule has 1 aliphatic heterocycles. The summed E-state index contributed by atoms with van der Waals surface area (Å²) in [5.74, 6) is -0.750. The number of nitrogens with zero attached hydrogens (tertiary/aromatic N) is 2. The molecule has 1 N–H and O–H groups in total. The summed E-state index contributed by atoms with van der Waals surface area (Å²) in [6.07, 6.45) is 1.88. The number of ketones is 1. The van der Waals surface area contributed by atoms with E-state index in [1.54, 1.807) is 48.5 Å². The van der Waals surface area contributed by atoms with Gasteiger partial charge in [-0.2, -0.15) is 0 Å². The predicted octanol–water partition coefficient (Wildman–Crippen LogP) is 7.46. The molecule has 206 valence electrons. The first-order chi connectivity index (χ1) is 19.3. The molecule has 0 aliphatic carbocycles. The number of halogens is 1. The fourth-order valence-electron chi connectivity index (χ4n) is 4.61. The molecule has 1 amide bonds. The number of thiazole rings is 1. The molecule has 0 saturated carbocycles. The average molecular weight is 577 g/mol. The molecule has 0 radical (unpaired) electrons. The van der Waals surface area contributed by atoms with Gasteiger partial charge in [-0.3, -0.25) is 14.5 Å². The number of carbonyl (C=O) groups excluding carboxylic acids is 2. The number of ether oxygens (including phenoxy) is 2. The van der Waals surface area contributed by atoms with Crippen LogP contribution in [-0.2, 0) is 9.59 Å². The molecule has 5 rings (SSSR count). The van der Waals surface area contributed by atoms with E-state index < -0.39 is 17.7 Å². The molecular formula is C31H29ClN2O5S. The number of aliphatic hydroxyl groups excluding tert-OH is 1. The zero-order chi connectivity index (χ0) is 28.4. The van der Waals surface area contributed by atoms with E-state index in [1.165, 1.54) is 16.2 Å². The van der Waals surface area contributed by atoms with Crippen LogP contribution in [-0.4, -0.2) is 35.0 Å². The molecule has 1 atom stereocenters. The number of amides is 1. The van der Waals surface area contributed by atoms with Crippen LogP contribution in [0.4, 0.5) is 5.13 Å². The third kappa shape index (κ3) is 5.29. The number of unbranched alkanes of at least 4 members (excludes halogenated alkanes) is 1. The van der Waals surface area contributed by atoms with Gasteiger partial charge in [0.1, 0.15) is 5.76 Å². The van der Waals surface area contributed by atoms with E-state index >= 15 is 0 Å². The van der Waals surface area contributed by atoms with Gasteiger partial charge in [0, 0.05) is 10.6 Å². The first-order valence-electron chi connectivity index (χ1n) is 13.2. The van der Waals surface area contributed by atoms with Gasteiger partial charge in [0.25, 0.3) is 5.78 Å². The van der Waals surface area contributed by atoms with Crippen LogP contribution in [0.15, 0.2) is 66.2 Å². The van der Waals surface area contributed by atoms with E-state index in [0.717, 1.165) is 23.1 Å². The van der Waals surface area contributed by atoms with E-state index in [2.05, 4.69) is 11.9 Å². The van der Waals surface area contributed by atoms with E-state index in [-0.39, 0.29) is 11.3 Å². The van der Waals surface area contributed by atoms with Crippen molar-refractivity contribution in [3.05, 3.63) is 87.9 Å². The zero-order valence-corrected chi connectivity index (χ0v) is 24.0. The van der Waals surface area contributed by atoms with Crippen LogP contribution in [0.2, 0.25) is 5.02 Å². The quantitative estimate of drug-likeness (QED) is 0.0962. The first kappa shape index (κ1) is 27.7. The standard InChI is InChI=1S/C31H29ClN2O5S/c1-4-6-15-39-23-14-11-20(16-24(23)38-5-2)27-26(28(35)19-9-7-18(3)8-10-19)29(36)30(37)34(27)31-33-22-13-12-21(32)17-25(22)40-31/h7-14,16-17,27,35H,4-6,15H2,1-3H3/b28-26+. The molecule has 1 unspecified atom stereocenters. The lowest BCUT2D eigenvalue weighted by atomic mass is 9.95. The number of rotatable bonds is 9. The van der Waals surface area contributed by atoms with E-state index in [9.17, 15) is 14.7 Å². The van der Waals surface area contributed by atoms with E-state index in [0.29, 0.717) is 51.5 Å². The summed E-state index contributed by atoms with van der Waals surface area (Å²) in [6.45, 7) is 6.83. The Balaban J connectivity index is 1.69. The molecule has 0 spiro atoms. The van der Waals surface area contributed by atoms with E-state index in [1.807, 2.05) is 26.0 Å². The Morgan fingerprint density at radius 2 is 1.80 bits per heavy atom. The van der Waals surface area contributed by atoms with Gasteiger partial charge in [-0.1, -0.05) is 72.2 Å². The normalized spacial score (nSPS) is 16.6. The number of hydrogen-bond acceptors (Lipinski definition) is 7. The lowest BCUT2D eigenvalue weighted by Gasteiger charge is -2.24. The average Bonchev–Trinajstić information content (AvgIpc) is 3.47. The molecule has 40 heavy (non-hydrogen) atoms. The van der Waals surface area contributed by atoms with Crippen molar-refractivity contribution in [3.8, 4) is 11.5 Å². The Morgan fingerprint density at radius 3 is 2.52 bits per heavy atom. The lowest BCUT2D eigenvalue weighted by molar-refractivity contribution is -0.132. The minimum absolute atomic E-state index is 0.0201. The summed E-state index contributed by atoms with van der Waals surface area (Å²) in [4.78, 5) is 33.2. The second-order valence-electron chi connectivity index (χ2n) is 9.48. The molecule has 3 aromatic carbocycles. The van der Waals surface area contributed by atoms with Crippen LogP contribution < -0.4 is 14.4 Å². The third-order valence-electron chi connectivity index (χ3n) is 6.65. The Morgan fingerprint density at radius 1 is 1.02 bits per heavy atom. The lowest BCUT2D eigenvalue weighted by Crippen LogP contribution is -2.29. The van der Waals surface area contributed by atoms with E-state index in [4.69, 9.17) is 21.1 Å². The van der Waals surface area contributed by atoms with Gasteiger partial charge in [0.15, 0.2) is 16.6 Å². The van der Waals surface area contributed by atoms with Gasteiger partial charge < -0.3 is 14.6 Å². The maximum absolute atomic E-state index is 13.6. The SMILES string of the molecule is CCCCOc1ccc(C2/C(=C(\O)c3ccc(C)cc3)C(=O)C(=O)N2c2nc3ccc(Cl)cc3s2)cc1OCC. The number of Topliss-reactive ketones (excluding diaryl/α,β-unsaturated/α-hetero) is 1.